The number of benzene rings is 2. The molecule has 340 valence electrons. The summed E-state index contributed by atoms with van der Waals surface area (Å²) in [6.45, 7) is 30.2. The molecular weight excluding hydrogens is 833 g/mol. The van der Waals surface area contributed by atoms with Crippen LogP contribution < -0.4 is 9.96 Å². The Hall–Kier alpha value is -1.81. The van der Waals surface area contributed by atoms with Gasteiger partial charge in [-0.3, -0.25) is 12.2 Å². The average Bonchev–Trinajstić information content (AvgIpc) is 3.98. The largest absolute Gasteiger partial charge is 4.00 e. The zero-order chi connectivity index (χ0) is 45.2. The van der Waals surface area contributed by atoms with Gasteiger partial charge in [-0.15, -0.1) is 48.2 Å². The van der Waals surface area contributed by atoms with E-state index in [1.165, 1.54) is 75.6 Å². The predicted octanol–water partition coefficient (Wildman–Crippen LogP) is 15.6. The summed E-state index contributed by atoms with van der Waals surface area (Å²) in [4.78, 5) is 7.61. The number of unbranched alkanes of at least 4 members (excludes halogenated alkanes) is 4. The Balaban J connectivity index is 0.000000940. The normalized spacial score (nSPS) is 14.3. The van der Waals surface area contributed by atoms with Gasteiger partial charge >= 0.3 is 21.7 Å². The number of rotatable bonds is 22. The summed E-state index contributed by atoms with van der Waals surface area (Å²) in [5.41, 5.74) is 1.10. The van der Waals surface area contributed by atoms with Crippen LogP contribution in [-0.2, 0) is 34.6 Å². The van der Waals surface area contributed by atoms with E-state index in [2.05, 4.69) is 128 Å². The van der Waals surface area contributed by atoms with Gasteiger partial charge in [0.25, 0.3) is 0 Å². The first kappa shape index (κ1) is 59.2. The molecule has 0 heterocycles. The van der Waals surface area contributed by atoms with Crippen LogP contribution in [0, 0.1) is 59.4 Å². The fourth-order valence-electron chi connectivity index (χ4n) is 7.18. The van der Waals surface area contributed by atoms with Crippen LogP contribution in [0.15, 0.2) is 60.7 Å². The monoisotopic (exact) mass is 915 g/mol. The van der Waals surface area contributed by atoms with Gasteiger partial charge in [-0.2, -0.15) is 24.3 Å². The molecule has 9 heteroatoms. The molecule has 0 bridgehead atoms. The van der Waals surface area contributed by atoms with Crippen molar-refractivity contribution in [1.82, 2.24) is 9.96 Å². The van der Waals surface area contributed by atoms with E-state index < -0.39 is 39.7 Å². The molecule has 0 aromatic heterocycles. The van der Waals surface area contributed by atoms with Crippen molar-refractivity contribution >= 4 is 16.5 Å². The van der Waals surface area contributed by atoms with E-state index in [0.29, 0.717) is 45.9 Å². The summed E-state index contributed by atoms with van der Waals surface area (Å²) in [5.74, 6) is -0.990. The zero-order valence-corrected chi connectivity index (χ0v) is 43.8. The molecule has 2 nitrogen and oxygen atoms in total. The molecule has 2 atom stereocenters. The molecule has 2 aliphatic carbocycles. The van der Waals surface area contributed by atoms with Crippen molar-refractivity contribution in [3.05, 3.63) is 119 Å². The molecule has 2 aliphatic rings. The fourth-order valence-corrected chi connectivity index (χ4v) is 12.5. The molecule has 2 aromatic rings. The minimum absolute atomic E-state index is 0. The van der Waals surface area contributed by atoms with Crippen LogP contribution in [0.5, 0.6) is 0 Å². The van der Waals surface area contributed by atoms with E-state index in [9.17, 15) is 17.6 Å². The maximum atomic E-state index is 13.6. The van der Waals surface area contributed by atoms with Crippen LogP contribution in [-0.4, -0.2) is 29.6 Å². The van der Waals surface area contributed by atoms with E-state index in [4.69, 9.17) is 0 Å². The Morgan fingerprint density at radius 3 is 1.21 bits per heavy atom. The maximum Gasteiger partial charge on any atom is 4.00 e. The van der Waals surface area contributed by atoms with Crippen molar-refractivity contribution in [1.29, 1.82) is 0 Å². The average molecular weight is 915 g/mol. The van der Waals surface area contributed by atoms with Gasteiger partial charge in [-0.05, 0) is 47.8 Å². The number of aryl methyl sites for hydroxylation is 2. The van der Waals surface area contributed by atoms with Crippen molar-refractivity contribution in [2.45, 2.75) is 182 Å². The topological polar surface area (TPSA) is 24.1 Å². The van der Waals surface area contributed by atoms with Gasteiger partial charge in [0, 0.05) is 23.3 Å². The van der Waals surface area contributed by atoms with Gasteiger partial charge in [0.1, 0.15) is 16.5 Å². The summed E-state index contributed by atoms with van der Waals surface area (Å²) >= 11 is 0. The molecular formula is C52H82F4N2Si2Ti. The Bertz CT molecular complexity index is 1460. The van der Waals surface area contributed by atoms with Crippen molar-refractivity contribution in [3.8, 4) is 0 Å². The van der Waals surface area contributed by atoms with E-state index in [1.807, 2.05) is 24.3 Å². The summed E-state index contributed by atoms with van der Waals surface area (Å²) in [5, 5.41) is 0.602. The van der Waals surface area contributed by atoms with Crippen LogP contribution in [0.1, 0.15) is 144 Å². The standard InChI is InChI=1S/2C21H36F2NSi.2C5H5.Ti/c2*1-7-8-9-11-17(2)21(3,4)25(5,6)24-15-10-12-18-13-14-19(22)16-20(18)23;2*1-2-4-5-3-1;/h2*13-14,17,24H,7-12,15H2,1-6H3;2*1-3H,4H2;/q4*-1;+4. The van der Waals surface area contributed by atoms with Crippen LogP contribution in [0.3, 0.4) is 0 Å². The third-order valence-electron chi connectivity index (χ3n) is 13.6. The van der Waals surface area contributed by atoms with E-state index in [0.717, 1.165) is 38.8 Å². The number of hydrogen-bond acceptors (Lipinski definition) is 2. The van der Waals surface area contributed by atoms with E-state index >= 15 is 0 Å². The minimum Gasteiger partial charge on any atom is -0.337 e. The summed E-state index contributed by atoms with van der Waals surface area (Å²) in [6.07, 6.45) is 33.3. The molecule has 0 saturated carbocycles. The number of hydrogen-bond donors (Lipinski definition) is 2. The van der Waals surface area contributed by atoms with Crippen LogP contribution in [0.4, 0.5) is 17.6 Å². The first-order valence-electron chi connectivity index (χ1n) is 22.9. The molecule has 0 saturated heterocycles. The summed E-state index contributed by atoms with van der Waals surface area (Å²) < 4.78 is 53.1. The van der Waals surface area contributed by atoms with Crippen molar-refractivity contribution < 1.29 is 39.3 Å². The predicted molar refractivity (Wildman–Crippen MR) is 256 cm³/mol. The number of halogens is 4. The van der Waals surface area contributed by atoms with Crippen LogP contribution in [0.2, 0.25) is 36.3 Å². The molecule has 2 aromatic carbocycles. The Morgan fingerprint density at radius 1 is 0.590 bits per heavy atom. The second-order valence-corrected chi connectivity index (χ2v) is 28.6. The van der Waals surface area contributed by atoms with Gasteiger partial charge in [0.05, 0.1) is 0 Å². The molecule has 2 N–H and O–H groups in total. The molecule has 0 radical (unpaired) electrons. The Labute approximate surface area is 389 Å². The molecule has 0 aliphatic heterocycles. The van der Waals surface area contributed by atoms with Gasteiger partial charge in [0.2, 0.25) is 0 Å². The van der Waals surface area contributed by atoms with Crippen LogP contribution >= 0.6 is 0 Å². The maximum absolute atomic E-state index is 13.6. The molecule has 2 unspecified atom stereocenters. The molecule has 0 spiro atoms. The zero-order valence-electron chi connectivity index (χ0n) is 40.3. The van der Waals surface area contributed by atoms with Crippen molar-refractivity contribution in [2.75, 3.05) is 13.1 Å². The number of allylic oxidation sites excluding steroid dienone is 8. The summed E-state index contributed by atoms with van der Waals surface area (Å²) in [6, 6.07) is 9.86. The Morgan fingerprint density at radius 2 is 0.951 bits per heavy atom. The first-order valence-corrected chi connectivity index (χ1v) is 28.9. The van der Waals surface area contributed by atoms with E-state index in [-0.39, 0.29) is 21.7 Å². The smallest absolute Gasteiger partial charge is 0.337 e. The van der Waals surface area contributed by atoms with Crippen molar-refractivity contribution in [2.24, 2.45) is 11.8 Å². The molecule has 0 fully saturated rings. The quantitative estimate of drug-likeness (QED) is 0.0532. The SMILES string of the molecule is CCCCCC(C)C(C)(C)[Si](C)(C)NCCCc1ccc(F)[c-]c1F.CCCCCC(C)C(C)(C)[Si](C)(C)NCCCc1ccc(F)[c-]c1F.[C-]1=CC=CC1.[C-]1=CC=CC1.[Ti+4]. The van der Waals surface area contributed by atoms with Crippen molar-refractivity contribution in [3.63, 3.8) is 0 Å². The second-order valence-electron chi connectivity index (χ2n) is 18.8. The van der Waals surface area contributed by atoms with Gasteiger partial charge in [-0.25, -0.2) is 41.9 Å². The molecule has 61 heavy (non-hydrogen) atoms. The molecule has 4 rings (SSSR count). The van der Waals surface area contributed by atoms with E-state index in [1.54, 1.807) is 0 Å². The Kier molecular flexibility index (Phi) is 30.2. The fraction of sp³-hybridized carbons (Fsp3) is 0.615. The second kappa shape index (κ2) is 31.1. The van der Waals surface area contributed by atoms with Gasteiger partial charge in [0.15, 0.2) is 0 Å². The minimum atomic E-state index is -1.63. The van der Waals surface area contributed by atoms with Gasteiger partial charge in [-0.1, -0.05) is 146 Å². The summed E-state index contributed by atoms with van der Waals surface area (Å²) in [7, 11) is -3.25. The van der Waals surface area contributed by atoms with Crippen LogP contribution in [0.25, 0.3) is 0 Å². The molecule has 0 amide bonds. The third kappa shape index (κ3) is 22.6. The third-order valence-corrected chi connectivity index (χ3v) is 23.3. The van der Waals surface area contributed by atoms with Gasteiger partial charge < -0.3 is 9.96 Å². The number of nitrogens with one attached hydrogen (secondary N) is 2. The first-order chi connectivity index (χ1) is 28.2.